The minimum Gasteiger partial charge on any atom is -0.481 e. The fourth-order valence-electron chi connectivity index (χ4n) is 1.98. The molecule has 0 radical (unpaired) electrons. The smallest absolute Gasteiger partial charge is 0.303 e. The van der Waals surface area contributed by atoms with Gasteiger partial charge in [-0.1, -0.05) is 12.1 Å². The van der Waals surface area contributed by atoms with Crippen LogP contribution in [0.2, 0.25) is 0 Å². The molecule has 0 saturated carbocycles. The highest BCUT2D eigenvalue weighted by Crippen LogP contribution is 2.13. The molecule has 0 aliphatic carbocycles. The molecule has 5 heteroatoms. The first-order valence-corrected chi connectivity index (χ1v) is 7.16. The first-order valence-electron chi connectivity index (χ1n) is 7.16. The van der Waals surface area contributed by atoms with Crippen LogP contribution in [-0.2, 0) is 16.0 Å². The number of nitrogens with one attached hydrogen (secondary N) is 1. The standard InChI is InChI=1S/C16H24N2O3/c1-12(4-11-16(20)21)17-15(19)10-7-13-5-8-14(9-6-13)18(2)3/h5-6,8-9,12H,4,7,10-11H2,1-3H3,(H,17,19)(H,20,21). The number of nitrogens with zero attached hydrogens (tertiary/aromatic N) is 1. The number of amides is 1. The van der Waals surface area contributed by atoms with E-state index in [1.165, 1.54) is 0 Å². The molecule has 1 amide bonds. The number of carbonyl (C=O) groups is 2. The van der Waals surface area contributed by atoms with Gasteiger partial charge in [-0.3, -0.25) is 9.59 Å². The lowest BCUT2D eigenvalue weighted by atomic mass is 10.1. The molecule has 1 rings (SSSR count). The van der Waals surface area contributed by atoms with Crippen molar-refractivity contribution < 1.29 is 14.7 Å². The summed E-state index contributed by atoms with van der Waals surface area (Å²) in [6.45, 7) is 1.83. The Bertz CT molecular complexity index is 469. The average Bonchev–Trinajstić information content (AvgIpc) is 2.43. The van der Waals surface area contributed by atoms with Gasteiger partial charge in [-0.05, 0) is 37.5 Å². The zero-order chi connectivity index (χ0) is 15.8. The van der Waals surface area contributed by atoms with Crippen LogP contribution in [0.5, 0.6) is 0 Å². The van der Waals surface area contributed by atoms with Gasteiger partial charge in [-0.2, -0.15) is 0 Å². The highest BCUT2D eigenvalue weighted by molar-refractivity contribution is 5.76. The van der Waals surface area contributed by atoms with Gasteiger partial charge in [0.15, 0.2) is 0 Å². The Balaban J connectivity index is 2.33. The van der Waals surface area contributed by atoms with Crippen LogP contribution in [-0.4, -0.2) is 37.1 Å². The van der Waals surface area contributed by atoms with E-state index in [4.69, 9.17) is 5.11 Å². The number of benzene rings is 1. The van der Waals surface area contributed by atoms with E-state index >= 15 is 0 Å². The number of aryl methyl sites for hydroxylation is 1. The molecule has 0 heterocycles. The van der Waals surface area contributed by atoms with Crippen molar-refractivity contribution in [2.75, 3.05) is 19.0 Å². The van der Waals surface area contributed by atoms with Crippen LogP contribution in [0.25, 0.3) is 0 Å². The Hall–Kier alpha value is -2.04. The van der Waals surface area contributed by atoms with Crippen LogP contribution < -0.4 is 10.2 Å². The predicted octanol–water partition coefficient (Wildman–Crippen LogP) is 2.05. The third-order valence-electron chi connectivity index (χ3n) is 3.29. The van der Waals surface area contributed by atoms with Crippen LogP contribution in [0.3, 0.4) is 0 Å². The van der Waals surface area contributed by atoms with Gasteiger partial charge < -0.3 is 15.3 Å². The molecule has 0 aliphatic rings. The Morgan fingerprint density at radius 3 is 2.33 bits per heavy atom. The molecule has 0 spiro atoms. The van der Waals surface area contributed by atoms with Gasteiger partial charge >= 0.3 is 5.97 Å². The summed E-state index contributed by atoms with van der Waals surface area (Å²) >= 11 is 0. The number of carboxylic acids is 1. The van der Waals surface area contributed by atoms with Crippen LogP contribution in [0.1, 0.15) is 31.7 Å². The number of hydrogen-bond acceptors (Lipinski definition) is 3. The molecule has 1 unspecified atom stereocenters. The Morgan fingerprint density at radius 2 is 1.81 bits per heavy atom. The first kappa shape index (κ1) is 17.0. The normalized spacial score (nSPS) is 11.8. The number of carboxylic acid groups (broad SMARTS) is 1. The molecule has 1 aromatic carbocycles. The fourth-order valence-corrected chi connectivity index (χ4v) is 1.98. The summed E-state index contributed by atoms with van der Waals surface area (Å²) in [6, 6.07) is 8.00. The second-order valence-electron chi connectivity index (χ2n) is 5.46. The molecular weight excluding hydrogens is 268 g/mol. The summed E-state index contributed by atoms with van der Waals surface area (Å²) in [5.74, 6) is -0.873. The maximum absolute atomic E-state index is 11.8. The largest absolute Gasteiger partial charge is 0.481 e. The summed E-state index contributed by atoms with van der Waals surface area (Å²) in [5.41, 5.74) is 2.25. The van der Waals surface area contributed by atoms with E-state index in [1.807, 2.05) is 50.2 Å². The molecule has 2 N–H and O–H groups in total. The van der Waals surface area contributed by atoms with E-state index in [0.29, 0.717) is 19.3 Å². The van der Waals surface area contributed by atoms with E-state index in [1.54, 1.807) is 0 Å². The molecule has 5 nitrogen and oxygen atoms in total. The topological polar surface area (TPSA) is 69.6 Å². The molecule has 0 aromatic heterocycles. The molecule has 0 bridgehead atoms. The lowest BCUT2D eigenvalue weighted by Gasteiger charge is -2.14. The van der Waals surface area contributed by atoms with Crippen molar-refractivity contribution in [1.82, 2.24) is 5.32 Å². The third-order valence-corrected chi connectivity index (χ3v) is 3.29. The summed E-state index contributed by atoms with van der Waals surface area (Å²) in [7, 11) is 3.97. The van der Waals surface area contributed by atoms with Gasteiger partial charge in [0.2, 0.25) is 5.91 Å². The second kappa shape index (κ2) is 8.29. The van der Waals surface area contributed by atoms with Crippen molar-refractivity contribution in [3.8, 4) is 0 Å². The number of aliphatic carboxylic acids is 1. The van der Waals surface area contributed by atoms with E-state index in [9.17, 15) is 9.59 Å². The minimum atomic E-state index is -0.836. The maximum atomic E-state index is 11.8. The van der Waals surface area contributed by atoms with Gasteiger partial charge in [-0.25, -0.2) is 0 Å². The van der Waals surface area contributed by atoms with Crippen molar-refractivity contribution in [3.63, 3.8) is 0 Å². The fraction of sp³-hybridized carbons (Fsp3) is 0.500. The van der Waals surface area contributed by atoms with Crippen molar-refractivity contribution in [3.05, 3.63) is 29.8 Å². The van der Waals surface area contributed by atoms with E-state index in [-0.39, 0.29) is 18.4 Å². The molecular formula is C16H24N2O3. The maximum Gasteiger partial charge on any atom is 0.303 e. The average molecular weight is 292 g/mol. The number of carbonyl (C=O) groups excluding carboxylic acids is 1. The Kier molecular flexibility index (Phi) is 6.72. The zero-order valence-corrected chi connectivity index (χ0v) is 12.9. The van der Waals surface area contributed by atoms with E-state index < -0.39 is 5.97 Å². The summed E-state index contributed by atoms with van der Waals surface area (Å²) in [4.78, 5) is 24.3. The Morgan fingerprint density at radius 1 is 1.19 bits per heavy atom. The molecule has 1 atom stereocenters. The molecule has 116 valence electrons. The quantitative estimate of drug-likeness (QED) is 0.769. The molecule has 0 fully saturated rings. The minimum absolute atomic E-state index is 0.0374. The van der Waals surface area contributed by atoms with Crippen LogP contribution in [0.4, 0.5) is 5.69 Å². The molecule has 0 saturated heterocycles. The van der Waals surface area contributed by atoms with Crippen molar-refractivity contribution in [2.45, 2.75) is 38.6 Å². The number of rotatable bonds is 8. The zero-order valence-electron chi connectivity index (χ0n) is 12.9. The van der Waals surface area contributed by atoms with Gasteiger partial charge in [0.25, 0.3) is 0 Å². The first-order chi connectivity index (χ1) is 9.88. The van der Waals surface area contributed by atoms with Gasteiger partial charge in [0.1, 0.15) is 0 Å². The highest BCUT2D eigenvalue weighted by Gasteiger charge is 2.09. The van der Waals surface area contributed by atoms with Crippen molar-refractivity contribution >= 4 is 17.6 Å². The lowest BCUT2D eigenvalue weighted by molar-refractivity contribution is -0.137. The third kappa shape index (κ3) is 6.79. The molecule has 21 heavy (non-hydrogen) atoms. The number of hydrogen-bond donors (Lipinski definition) is 2. The molecule has 0 aliphatic heterocycles. The Labute approximate surface area is 126 Å². The monoisotopic (exact) mass is 292 g/mol. The van der Waals surface area contributed by atoms with Crippen molar-refractivity contribution in [2.24, 2.45) is 0 Å². The summed E-state index contributed by atoms with van der Waals surface area (Å²) in [5, 5.41) is 11.4. The van der Waals surface area contributed by atoms with Crippen molar-refractivity contribution in [1.29, 1.82) is 0 Å². The second-order valence-corrected chi connectivity index (χ2v) is 5.46. The van der Waals surface area contributed by atoms with Crippen LogP contribution in [0, 0.1) is 0 Å². The predicted molar refractivity (Wildman–Crippen MR) is 83.6 cm³/mol. The van der Waals surface area contributed by atoms with Crippen LogP contribution >= 0.6 is 0 Å². The summed E-state index contributed by atoms with van der Waals surface area (Å²) < 4.78 is 0. The van der Waals surface area contributed by atoms with Gasteiger partial charge in [0, 0.05) is 38.7 Å². The molecule has 1 aromatic rings. The van der Waals surface area contributed by atoms with Gasteiger partial charge in [-0.15, -0.1) is 0 Å². The summed E-state index contributed by atoms with van der Waals surface area (Å²) in [6.07, 6.45) is 1.63. The van der Waals surface area contributed by atoms with E-state index in [2.05, 4.69) is 5.32 Å². The van der Waals surface area contributed by atoms with Crippen LogP contribution in [0.15, 0.2) is 24.3 Å². The highest BCUT2D eigenvalue weighted by atomic mass is 16.4. The SMILES string of the molecule is CC(CCC(=O)O)NC(=O)CCc1ccc(N(C)C)cc1. The number of anilines is 1. The van der Waals surface area contributed by atoms with Gasteiger partial charge in [0.05, 0.1) is 0 Å². The van der Waals surface area contributed by atoms with E-state index in [0.717, 1.165) is 11.3 Å². The lowest BCUT2D eigenvalue weighted by Crippen LogP contribution is -2.33.